The minimum absolute atomic E-state index is 0.190. The summed E-state index contributed by atoms with van der Waals surface area (Å²) in [7, 11) is 0. The van der Waals surface area contributed by atoms with Crippen molar-refractivity contribution in [2.75, 3.05) is 16.0 Å². The van der Waals surface area contributed by atoms with E-state index in [4.69, 9.17) is 5.26 Å². The third-order valence-electron chi connectivity index (χ3n) is 5.41. The van der Waals surface area contributed by atoms with Crippen LogP contribution in [0.25, 0.3) is 10.9 Å². The number of nitrogens with one attached hydrogen (secondary N) is 3. The molecule has 0 spiro atoms. The van der Waals surface area contributed by atoms with Crippen molar-refractivity contribution in [2.24, 2.45) is 0 Å². The fourth-order valence-electron chi connectivity index (χ4n) is 3.63. The van der Waals surface area contributed by atoms with E-state index in [-0.39, 0.29) is 5.91 Å². The minimum Gasteiger partial charge on any atom is -0.355 e. The second kappa shape index (κ2) is 9.73. The van der Waals surface area contributed by atoms with Gasteiger partial charge in [0.1, 0.15) is 0 Å². The van der Waals surface area contributed by atoms with E-state index >= 15 is 0 Å². The number of hydrogen-bond acceptors (Lipinski definition) is 6. The molecule has 7 nitrogen and oxygen atoms in total. The molecule has 1 amide bonds. The highest BCUT2D eigenvalue weighted by Gasteiger charge is 2.08. The first-order valence-corrected chi connectivity index (χ1v) is 10.9. The molecule has 5 aromatic rings. The largest absolute Gasteiger partial charge is 0.355 e. The van der Waals surface area contributed by atoms with Crippen molar-refractivity contribution in [3.63, 3.8) is 0 Å². The molecular formula is C28H20N6O. The molecule has 168 valence electrons. The van der Waals surface area contributed by atoms with Crippen molar-refractivity contribution in [1.29, 1.82) is 5.26 Å². The van der Waals surface area contributed by atoms with Crippen molar-refractivity contribution in [2.45, 2.75) is 0 Å². The fourth-order valence-corrected chi connectivity index (χ4v) is 3.63. The second-order valence-corrected chi connectivity index (χ2v) is 7.80. The van der Waals surface area contributed by atoms with E-state index in [1.54, 1.807) is 42.9 Å². The Balaban J connectivity index is 1.24. The lowest BCUT2D eigenvalue weighted by Gasteiger charge is -2.11. The van der Waals surface area contributed by atoms with Crippen LogP contribution >= 0.6 is 0 Å². The van der Waals surface area contributed by atoms with E-state index in [2.05, 4.69) is 32.0 Å². The lowest BCUT2D eigenvalue weighted by Crippen LogP contribution is -2.11. The molecule has 3 N–H and O–H groups in total. The van der Waals surface area contributed by atoms with Crippen LogP contribution in [0.3, 0.4) is 0 Å². The van der Waals surface area contributed by atoms with Crippen LogP contribution in [0.15, 0.2) is 104 Å². The Morgan fingerprint density at radius 1 is 0.714 bits per heavy atom. The normalized spacial score (nSPS) is 10.4. The zero-order valence-corrected chi connectivity index (χ0v) is 18.6. The third kappa shape index (κ3) is 5.07. The van der Waals surface area contributed by atoms with Gasteiger partial charge < -0.3 is 16.0 Å². The number of nitriles is 1. The highest BCUT2D eigenvalue weighted by atomic mass is 16.1. The number of pyridine rings is 2. The van der Waals surface area contributed by atoms with E-state index in [1.807, 2.05) is 60.7 Å². The zero-order chi connectivity index (χ0) is 24.0. The molecule has 5 rings (SSSR count). The van der Waals surface area contributed by atoms with Crippen LogP contribution in [0.2, 0.25) is 0 Å². The second-order valence-electron chi connectivity index (χ2n) is 7.80. The maximum atomic E-state index is 12.7. The Bertz CT molecular complexity index is 1520. The molecule has 3 aromatic carbocycles. The molecule has 0 aliphatic heterocycles. The summed E-state index contributed by atoms with van der Waals surface area (Å²) in [5, 5.41) is 19.6. The zero-order valence-electron chi connectivity index (χ0n) is 18.6. The lowest BCUT2D eigenvalue weighted by atomic mass is 10.1. The van der Waals surface area contributed by atoms with Crippen LogP contribution in [-0.4, -0.2) is 15.9 Å². The first-order chi connectivity index (χ1) is 17.2. The van der Waals surface area contributed by atoms with Crippen LogP contribution in [0.1, 0.15) is 15.9 Å². The first kappa shape index (κ1) is 21.6. The number of benzene rings is 3. The van der Waals surface area contributed by atoms with Gasteiger partial charge in [0, 0.05) is 58.0 Å². The van der Waals surface area contributed by atoms with Crippen molar-refractivity contribution >= 4 is 45.2 Å². The summed E-state index contributed by atoms with van der Waals surface area (Å²) in [6, 6.07) is 27.9. The summed E-state index contributed by atoms with van der Waals surface area (Å²) in [5.74, 6) is -0.190. The van der Waals surface area contributed by atoms with Crippen LogP contribution in [0, 0.1) is 11.3 Å². The van der Waals surface area contributed by atoms with Gasteiger partial charge in [-0.25, -0.2) is 0 Å². The predicted octanol–water partition coefficient (Wildman–Crippen LogP) is 6.24. The molecular weight excluding hydrogens is 436 g/mol. The summed E-state index contributed by atoms with van der Waals surface area (Å²) < 4.78 is 0. The van der Waals surface area contributed by atoms with Crippen molar-refractivity contribution < 1.29 is 4.79 Å². The molecule has 2 aromatic heterocycles. The van der Waals surface area contributed by atoms with Crippen LogP contribution in [-0.2, 0) is 0 Å². The number of nitrogens with zero attached hydrogens (tertiary/aromatic N) is 3. The Kier molecular flexibility index (Phi) is 6.01. The van der Waals surface area contributed by atoms with E-state index in [0.717, 1.165) is 33.7 Å². The number of anilines is 5. The van der Waals surface area contributed by atoms with Gasteiger partial charge in [-0.2, -0.15) is 5.26 Å². The molecule has 0 bridgehead atoms. The van der Waals surface area contributed by atoms with Gasteiger partial charge in [0.25, 0.3) is 5.91 Å². The maximum absolute atomic E-state index is 12.7. The maximum Gasteiger partial charge on any atom is 0.255 e. The number of carbonyl (C=O) groups excluding carboxylic acids is 1. The standard InChI is InChI=1S/C28H20N6O/c29-18-19-1-10-25-26(13-16-31-27(25)17-19)33-22-4-2-20(3-5-22)28(35)34-23-8-6-21(7-9-23)32-24-11-14-30-15-12-24/h1-17H,(H,30,32)(H,31,33)(H,34,35). The van der Waals surface area contributed by atoms with E-state index in [9.17, 15) is 4.79 Å². The van der Waals surface area contributed by atoms with Gasteiger partial charge in [0.2, 0.25) is 0 Å². The summed E-state index contributed by atoms with van der Waals surface area (Å²) in [5.41, 5.74) is 6.13. The molecule has 0 fully saturated rings. The summed E-state index contributed by atoms with van der Waals surface area (Å²) in [6.07, 6.45) is 5.15. The molecule has 0 aliphatic carbocycles. The molecule has 0 saturated carbocycles. The molecule has 35 heavy (non-hydrogen) atoms. The van der Waals surface area contributed by atoms with E-state index in [1.165, 1.54) is 0 Å². The fraction of sp³-hybridized carbons (Fsp3) is 0. The summed E-state index contributed by atoms with van der Waals surface area (Å²) in [4.78, 5) is 21.1. The van der Waals surface area contributed by atoms with Crippen LogP contribution < -0.4 is 16.0 Å². The topological polar surface area (TPSA) is 103 Å². The number of carbonyl (C=O) groups is 1. The Labute approximate surface area is 202 Å². The molecule has 0 saturated heterocycles. The third-order valence-corrected chi connectivity index (χ3v) is 5.41. The van der Waals surface area contributed by atoms with Crippen LogP contribution in [0.5, 0.6) is 0 Å². The van der Waals surface area contributed by atoms with Gasteiger partial charge in [0.15, 0.2) is 0 Å². The molecule has 7 heteroatoms. The predicted molar refractivity (Wildman–Crippen MR) is 138 cm³/mol. The van der Waals surface area contributed by atoms with Gasteiger partial charge in [-0.05, 0) is 84.9 Å². The van der Waals surface area contributed by atoms with Crippen molar-refractivity contribution in [3.8, 4) is 6.07 Å². The summed E-state index contributed by atoms with van der Waals surface area (Å²) in [6.45, 7) is 0. The quantitative estimate of drug-likeness (QED) is 0.279. The lowest BCUT2D eigenvalue weighted by molar-refractivity contribution is 0.102. The Morgan fingerprint density at radius 2 is 1.37 bits per heavy atom. The van der Waals surface area contributed by atoms with Gasteiger partial charge in [-0.3, -0.25) is 14.8 Å². The highest BCUT2D eigenvalue weighted by Crippen LogP contribution is 2.26. The van der Waals surface area contributed by atoms with E-state index < -0.39 is 0 Å². The summed E-state index contributed by atoms with van der Waals surface area (Å²) >= 11 is 0. The molecule has 2 heterocycles. The SMILES string of the molecule is N#Cc1ccc2c(Nc3ccc(C(=O)Nc4ccc(Nc5ccncc5)cc4)cc3)ccnc2c1. The first-order valence-electron chi connectivity index (χ1n) is 10.9. The average molecular weight is 457 g/mol. The van der Waals surface area contributed by atoms with Gasteiger partial charge >= 0.3 is 0 Å². The van der Waals surface area contributed by atoms with Gasteiger partial charge in [-0.1, -0.05) is 0 Å². The smallest absolute Gasteiger partial charge is 0.255 e. The minimum atomic E-state index is -0.190. The van der Waals surface area contributed by atoms with E-state index in [0.29, 0.717) is 16.8 Å². The molecule has 0 aliphatic rings. The molecule has 0 atom stereocenters. The van der Waals surface area contributed by atoms with Crippen molar-refractivity contribution in [3.05, 3.63) is 115 Å². The number of fused-ring (bicyclic) bond motifs is 1. The highest BCUT2D eigenvalue weighted by molar-refractivity contribution is 6.04. The van der Waals surface area contributed by atoms with Gasteiger partial charge in [0.05, 0.1) is 17.1 Å². The van der Waals surface area contributed by atoms with Crippen molar-refractivity contribution in [1.82, 2.24) is 9.97 Å². The van der Waals surface area contributed by atoms with Crippen LogP contribution in [0.4, 0.5) is 28.4 Å². The Hall–Kier alpha value is -5.22. The number of amides is 1. The number of aromatic nitrogens is 2. The number of hydrogen-bond donors (Lipinski definition) is 3. The number of rotatable bonds is 6. The molecule has 0 unspecified atom stereocenters. The average Bonchev–Trinajstić information content (AvgIpc) is 2.90. The Morgan fingerprint density at radius 3 is 2.11 bits per heavy atom. The monoisotopic (exact) mass is 456 g/mol. The molecule has 0 radical (unpaired) electrons. The van der Waals surface area contributed by atoms with Gasteiger partial charge in [-0.15, -0.1) is 0 Å².